The highest BCUT2D eigenvalue weighted by Crippen LogP contribution is 2.71. The van der Waals surface area contributed by atoms with Gasteiger partial charge in [0.1, 0.15) is 12.2 Å². The van der Waals surface area contributed by atoms with Crippen molar-refractivity contribution in [3.8, 4) is 0 Å². The Labute approximate surface area is 238 Å². The smallest absolute Gasteiger partial charge is 0.311 e. The molecule has 0 amide bonds. The molecule has 0 N–H and O–H groups in total. The van der Waals surface area contributed by atoms with E-state index in [1.165, 1.54) is 7.11 Å². The van der Waals surface area contributed by atoms with Gasteiger partial charge < -0.3 is 9.47 Å². The standard InChI is InChI=1S/C34H56O5/c1-13-15-29(3,4)17-19-32(9,28(37)38-12)20-18-30(5,6)33(10)16-14-23-31(7,8)26(36)25-27(39-25)34(23,11)24(33)21-22(2)35/h21,23,25,27H,13-20H2,1-12H3/b24-21+/t23-,25-,27-,32-,33+,34-/m0/s1. The Kier molecular flexibility index (Phi) is 8.55. The molecule has 1 saturated heterocycles. The molecule has 0 bridgehead atoms. The fourth-order valence-electron chi connectivity index (χ4n) is 8.49. The van der Waals surface area contributed by atoms with Crippen LogP contribution in [0.3, 0.4) is 0 Å². The second-order valence-electron chi connectivity index (χ2n) is 15.8. The van der Waals surface area contributed by atoms with Crippen LogP contribution < -0.4 is 0 Å². The summed E-state index contributed by atoms with van der Waals surface area (Å²) in [6, 6.07) is 0. The summed E-state index contributed by atoms with van der Waals surface area (Å²) < 4.78 is 11.4. The Morgan fingerprint density at radius 3 is 2.13 bits per heavy atom. The molecule has 6 atom stereocenters. The highest BCUT2D eigenvalue weighted by Gasteiger charge is 2.73. The van der Waals surface area contributed by atoms with Crippen molar-refractivity contribution in [2.24, 2.45) is 38.4 Å². The molecule has 0 unspecified atom stereocenters. The van der Waals surface area contributed by atoms with Gasteiger partial charge >= 0.3 is 5.97 Å². The van der Waals surface area contributed by atoms with Crippen molar-refractivity contribution >= 4 is 17.5 Å². The van der Waals surface area contributed by atoms with Gasteiger partial charge in [-0.05, 0) is 87.0 Å². The van der Waals surface area contributed by atoms with Gasteiger partial charge in [-0.25, -0.2) is 0 Å². The van der Waals surface area contributed by atoms with Crippen LogP contribution in [0.5, 0.6) is 0 Å². The van der Waals surface area contributed by atoms with Crippen molar-refractivity contribution in [3.63, 3.8) is 0 Å². The zero-order valence-electron chi connectivity index (χ0n) is 27.0. The van der Waals surface area contributed by atoms with Gasteiger partial charge in [-0.1, -0.05) is 74.3 Å². The molecule has 0 spiro atoms. The minimum absolute atomic E-state index is 0.0401. The minimum atomic E-state index is -0.567. The number of carbonyl (C=O) groups excluding carboxylic acids is 3. The molecule has 3 aliphatic rings. The first-order valence-corrected chi connectivity index (χ1v) is 15.2. The molecule has 2 saturated carbocycles. The topological polar surface area (TPSA) is 73.0 Å². The summed E-state index contributed by atoms with van der Waals surface area (Å²) in [5, 5.41) is 0. The third-order valence-corrected chi connectivity index (χ3v) is 11.8. The van der Waals surface area contributed by atoms with Gasteiger partial charge in [0.05, 0.1) is 12.5 Å². The zero-order valence-corrected chi connectivity index (χ0v) is 27.0. The molecule has 0 aromatic heterocycles. The molecule has 3 rings (SSSR count). The molecule has 5 nitrogen and oxygen atoms in total. The number of carbonyl (C=O) groups is 3. The Bertz CT molecular complexity index is 1020. The average molecular weight is 545 g/mol. The maximum atomic E-state index is 13.2. The average Bonchev–Trinajstić information content (AvgIpc) is 3.64. The molecular formula is C34H56O5. The summed E-state index contributed by atoms with van der Waals surface area (Å²) in [5.74, 6) is 0.239. The summed E-state index contributed by atoms with van der Waals surface area (Å²) in [6.45, 7) is 23.8. The maximum absolute atomic E-state index is 13.2. The summed E-state index contributed by atoms with van der Waals surface area (Å²) in [7, 11) is 1.50. The Morgan fingerprint density at radius 1 is 1.00 bits per heavy atom. The van der Waals surface area contributed by atoms with Crippen molar-refractivity contribution in [1.82, 2.24) is 0 Å². The van der Waals surface area contributed by atoms with Gasteiger partial charge in [0, 0.05) is 10.8 Å². The van der Waals surface area contributed by atoms with E-state index in [-0.39, 0.29) is 57.3 Å². The minimum Gasteiger partial charge on any atom is -0.469 e. The lowest BCUT2D eigenvalue weighted by atomic mass is 9.41. The second kappa shape index (κ2) is 10.4. The van der Waals surface area contributed by atoms with Crippen LogP contribution in [-0.2, 0) is 23.9 Å². The van der Waals surface area contributed by atoms with Crippen molar-refractivity contribution in [2.45, 2.75) is 140 Å². The number of Topliss-reactive ketones (excluding diaryl/α,β-unsaturated/α-hetero) is 1. The number of methoxy groups -OCH3 is 1. The molecule has 39 heavy (non-hydrogen) atoms. The lowest BCUT2D eigenvalue weighted by Gasteiger charge is -2.61. The van der Waals surface area contributed by atoms with Crippen LogP contribution in [0.15, 0.2) is 11.6 Å². The molecule has 3 fully saturated rings. The van der Waals surface area contributed by atoms with Crippen molar-refractivity contribution < 1.29 is 23.9 Å². The molecular weight excluding hydrogens is 488 g/mol. The van der Waals surface area contributed by atoms with E-state index < -0.39 is 10.8 Å². The molecule has 0 aromatic rings. The number of epoxide rings is 1. The van der Waals surface area contributed by atoms with E-state index in [0.717, 1.165) is 56.9 Å². The normalized spacial score (nSPS) is 34.6. The highest BCUT2D eigenvalue weighted by atomic mass is 16.6. The van der Waals surface area contributed by atoms with E-state index in [9.17, 15) is 14.4 Å². The van der Waals surface area contributed by atoms with Crippen LogP contribution in [0.2, 0.25) is 0 Å². The van der Waals surface area contributed by atoms with Gasteiger partial charge in [0.15, 0.2) is 11.6 Å². The molecule has 0 aromatic carbocycles. The van der Waals surface area contributed by atoms with E-state index in [0.29, 0.717) is 0 Å². The summed E-state index contributed by atoms with van der Waals surface area (Å²) in [4.78, 5) is 39.1. The Balaban J connectivity index is 1.95. The lowest BCUT2D eigenvalue weighted by molar-refractivity contribution is -0.153. The molecule has 1 aliphatic heterocycles. The molecule has 1 heterocycles. The van der Waals surface area contributed by atoms with E-state index in [1.807, 2.05) is 6.08 Å². The van der Waals surface area contributed by atoms with Crippen LogP contribution in [0.1, 0.15) is 128 Å². The highest BCUT2D eigenvalue weighted by molar-refractivity contribution is 5.94. The van der Waals surface area contributed by atoms with E-state index >= 15 is 0 Å². The SMILES string of the molecule is CCCC(C)(C)CC[C@@](C)(CCC(C)(C)[C@]1(C)CC[C@H]2C(C)(C)C(=O)[C@@H]3O[C@@H]3[C@]2(C)/C1=C/C(C)=O)C(=O)OC. The number of fused-ring (bicyclic) bond motifs is 3. The number of ether oxygens (including phenoxy) is 2. The van der Waals surface area contributed by atoms with Crippen molar-refractivity contribution in [2.75, 3.05) is 7.11 Å². The maximum Gasteiger partial charge on any atom is 0.311 e. The number of hydrogen-bond acceptors (Lipinski definition) is 5. The number of hydrogen-bond donors (Lipinski definition) is 0. The molecule has 5 heteroatoms. The van der Waals surface area contributed by atoms with E-state index in [1.54, 1.807) is 6.92 Å². The van der Waals surface area contributed by atoms with Crippen LogP contribution in [0, 0.1) is 38.4 Å². The number of allylic oxidation sites excluding steroid dienone is 1. The summed E-state index contributed by atoms with van der Waals surface area (Å²) in [6.07, 6.45) is 8.74. The fraction of sp³-hybridized carbons (Fsp3) is 0.853. The first-order chi connectivity index (χ1) is 17.7. The predicted molar refractivity (Wildman–Crippen MR) is 156 cm³/mol. The zero-order chi connectivity index (χ0) is 29.8. The number of rotatable bonds is 11. The molecule has 2 aliphatic carbocycles. The monoisotopic (exact) mass is 544 g/mol. The Morgan fingerprint density at radius 2 is 1.59 bits per heavy atom. The van der Waals surface area contributed by atoms with Gasteiger partial charge in [-0.15, -0.1) is 0 Å². The Hall–Kier alpha value is -1.49. The van der Waals surface area contributed by atoms with Gasteiger partial charge in [0.2, 0.25) is 0 Å². The van der Waals surface area contributed by atoms with Gasteiger partial charge in [-0.2, -0.15) is 0 Å². The first kappa shape index (κ1) is 32.0. The summed E-state index contributed by atoms with van der Waals surface area (Å²) >= 11 is 0. The quantitative estimate of drug-likeness (QED) is 0.150. The molecule has 0 radical (unpaired) electrons. The number of ketones is 2. The second-order valence-corrected chi connectivity index (χ2v) is 15.8. The predicted octanol–water partition coefficient (Wildman–Crippen LogP) is 7.89. The van der Waals surface area contributed by atoms with E-state index in [2.05, 4.69) is 69.2 Å². The van der Waals surface area contributed by atoms with Gasteiger partial charge in [0.25, 0.3) is 0 Å². The fourth-order valence-corrected chi connectivity index (χ4v) is 8.49. The van der Waals surface area contributed by atoms with E-state index in [4.69, 9.17) is 9.47 Å². The van der Waals surface area contributed by atoms with Crippen molar-refractivity contribution in [1.29, 1.82) is 0 Å². The summed E-state index contributed by atoms with van der Waals surface area (Å²) in [5.41, 5.74) is -0.607. The third-order valence-electron chi connectivity index (χ3n) is 11.8. The van der Waals surface area contributed by atoms with Crippen LogP contribution in [0.4, 0.5) is 0 Å². The van der Waals surface area contributed by atoms with Crippen LogP contribution in [-0.4, -0.2) is 36.9 Å². The van der Waals surface area contributed by atoms with Crippen molar-refractivity contribution in [3.05, 3.63) is 11.6 Å². The largest absolute Gasteiger partial charge is 0.469 e. The van der Waals surface area contributed by atoms with Gasteiger partial charge in [-0.3, -0.25) is 14.4 Å². The third kappa shape index (κ3) is 5.43. The number of esters is 1. The van der Waals surface area contributed by atoms with Crippen LogP contribution >= 0.6 is 0 Å². The lowest BCUT2D eigenvalue weighted by Crippen LogP contribution is -2.60. The van der Waals surface area contributed by atoms with Crippen LogP contribution in [0.25, 0.3) is 0 Å². The molecule has 222 valence electrons. The first-order valence-electron chi connectivity index (χ1n) is 15.2.